The van der Waals surface area contributed by atoms with Crippen molar-refractivity contribution in [2.75, 3.05) is 5.32 Å². The summed E-state index contributed by atoms with van der Waals surface area (Å²) in [6.07, 6.45) is 1.82. The molecule has 1 aromatic carbocycles. The normalized spacial score (nSPS) is 10.8. The quantitative estimate of drug-likeness (QED) is 0.773. The molecule has 2 heterocycles. The first-order valence-corrected chi connectivity index (χ1v) is 7.59. The Morgan fingerprint density at radius 3 is 3.05 bits per heavy atom. The van der Waals surface area contributed by atoms with Gasteiger partial charge in [-0.2, -0.15) is 0 Å². The Labute approximate surface area is 123 Å². The third-order valence-corrected chi connectivity index (χ3v) is 4.06. The third-order valence-electron chi connectivity index (χ3n) is 2.80. The van der Waals surface area contributed by atoms with E-state index in [-0.39, 0.29) is 0 Å². The van der Waals surface area contributed by atoms with Gasteiger partial charge in [0.1, 0.15) is 0 Å². The number of rotatable bonds is 3. The SMILES string of the molecule is Cc1nc(CNc2cccc3cc(Br)cnc23)cs1. The van der Waals surface area contributed by atoms with E-state index in [1.807, 2.05) is 25.3 Å². The number of anilines is 1. The molecule has 0 spiro atoms. The summed E-state index contributed by atoms with van der Waals surface area (Å²) in [6.45, 7) is 2.74. The van der Waals surface area contributed by atoms with E-state index in [1.54, 1.807) is 11.3 Å². The van der Waals surface area contributed by atoms with Gasteiger partial charge in [0.25, 0.3) is 0 Å². The van der Waals surface area contributed by atoms with Crippen molar-refractivity contribution in [3.8, 4) is 0 Å². The van der Waals surface area contributed by atoms with E-state index in [4.69, 9.17) is 0 Å². The number of hydrogen-bond donors (Lipinski definition) is 1. The number of benzene rings is 1. The largest absolute Gasteiger partial charge is 0.378 e. The smallest absolute Gasteiger partial charge is 0.0934 e. The van der Waals surface area contributed by atoms with Crippen LogP contribution < -0.4 is 5.32 Å². The fourth-order valence-electron chi connectivity index (χ4n) is 1.95. The zero-order chi connectivity index (χ0) is 13.2. The highest BCUT2D eigenvalue weighted by Gasteiger charge is 2.04. The molecule has 0 fully saturated rings. The molecule has 0 saturated heterocycles. The maximum atomic E-state index is 4.47. The maximum absolute atomic E-state index is 4.47. The van der Waals surface area contributed by atoms with Crippen LogP contribution in [-0.2, 0) is 6.54 Å². The Morgan fingerprint density at radius 1 is 1.37 bits per heavy atom. The molecule has 0 radical (unpaired) electrons. The first-order chi connectivity index (χ1) is 9.22. The van der Waals surface area contributed by atoms with Gasteiger partial charge in [-0.15, -0.1) is 11.3 Å². The number of para-hydroxylation sites is 1. The highest BCUT2D eigenvalue weighted by atomic mass is 79.9. The van der Waals surface area contributed by atoms with E-state index in [0.29, 0.717) is 0 Å². The molecule has 0 atom stereocenters. The van der Waals surface area contributed by atoms with Gasteiger partial charge in [-0.3, -0.25) is 4.98 Å². The molecule has 0 aliphatic heterocycles. The van der Waals surface area contributed by atoms with Gasteiger partial charge in [0.15, 0.2) is 0 Å². The van der Waals surface area contributed by atoms with Crippen molar-refractivity contribution < 1.29 is 0 Å². The number of pyridine rings is 1. The summed E-state index contributed by atoms with van der Waals surface area (Å²) in [4.78, 5) is 8.92. The molecular formula is C14H12BrN3S. The highest BCUT2D eigenvalue weighted by Crippen LogP contribution is 2.24. The summed E-state index contributed by atoms with van der Waals surface area (Å²) >= 11 is 5.12. The van der Waals surface area contributed by atoms with Crippen LogP contribution >= 0.6 is 27.3 Å². The molecule has 0 bridgehead atoms. The summed E-state index contributed by atoms with van der Waals surface area (Å²) in [5.74, 6) is 0. The molecule has 3 aromatic rings. The van der Waals surface area contributed by atoms with Crippen molar-refractivity contribution in [1.29, 1.82) is 0 Å². The second kappa shape index (κ2) is 5.27. The lowest BCUT2D eigenvalue weighted by Crippen LogP contribution is -2.01. The van der Waals surface area contributed by atoms with Gasteiger partial charge in [0.05, 0.1) is 28.5 Å². The minimum Gasteiger partial charge on any atom is -0.378 e. The first-order valence-electron chi connectivity index (χ1n) is 5.91. The predicted molar refractivity (Wildman–Crippen MR) is 83.6 cm³/mol. The van der Waals surface area contributed by atoms with Crippen LogP contribution in [0.1, 0.15) is 10.7 Å². The molecule has 5 heteroatoms. The van der Waals surface area contributed by atoms with Crippen LogP contribution in [0.5, 0.6) is 0 Å². The van der Waals surface area contributed by atoms with Crippen LogP contribution in [-0.4, -0.2) is 9.97 Å². The van der Waals surface area contributed by atoms with Gasteiger partial charge >= 0.3 is 0 Å². The predicted octanol–water partition coefficient (Wildman–Crippen LogP) is 4.37. The maximum Gasteiger partial charge on any atom is 0.0934 e. The van der Waals surface area contributed by atoms with Crippen LogP contribution in [0.4, 0.5) is 5.69 Å². The minimum absolute atomic E-state index is 0.723. The lowest BCUT2D eigenvalue weighted by molar-refractivity contribution is 1.06. The molecule has 0 saturated carbocycles. The molecule has 3 rings (SSSR count). The second-order valence-electron chi connectivity index (χ2n) is 4.24. The monoisotopic (exact) mass is 333 g/mol. The summed E-state index contributed by atoms with van der Waals surface area (Å²) in [7, 11) is 0. The topological polar surface area (TPSA) is 37.8 Å². The van der Waals surface area contributed by atoms with E-state index in [2.05, 4.69) is 48.7 Å². The molecule has 0 aliphatic rings. The number of thiazole rings is 1. The van der Waals surface area contributed by atoms with E-state index in [1.165, 1.54) is 0 Å². The van der Waals surface area contributed by atoms with Crippen molar-refractivity contribution in [2.45, 2.75) is 13.5 Å². The van der Waals surface area contributed by atoms with Crippen molar-refractivity contribution in [2.24, 2.45) is 0 Å². The molecule has 19 heavy (non-hydrogen) atoms. The lowest BCUT2D eigenvalue weighted by atomic mass is 10.2. The fourth-order valence-corrected chi connectivity index (χ4v) is 2.91. The summed E-state index contributed by atoms with van der Waals surface area (Å²) in [5.41, 5.74) is 3.09. The number of nitrogens with zero attached hydrogens (tertiary/aromatic N) is 2. The highest BCUT2D eigenvalue weighted by molar-refractivity contribution is 9.10. The van der Waals surface area contributed by atoms with E-state index >= 15 is 0 Å². The molecule has 3 nitrogen and oxygen atoms in total. The molecule has 0 amide bonds. The Hall–Kier alpha value is -1.46. The van der Waals surface area contributed by atoms with Gasteiger partial charge in [-0.1, -0.05) is 12.1 Å². The van der Waals surface area contributed by atoms with E-state index in [0.717, 1.165) is 38.3 Å². The lowest BCUT2D eigenvalue weighted by Gasteiger charge is -2.08. The molecule has 96 valence electrons. The van der Waals surface area contributed by atoms with E-state index < -0.39 is 0 Å². The van der Waals surface area contributed by atoms with Crippen LogP contribution in [0.2, 0.25) is 0 Å². The Bertz CT molecular complexity index is 724. The van der Waals surface area contributed by atoms with Crippen LogP contribution in [0.3, 0.4) is 0 Å². The van der Waals surface area contributed by atoms with Crippen molar-refractivity contribution in [1.82, 2.24) is 9.97 Å². The molecule has 2 aromatic heterocycles. The zero-order valence-corrected chi connectivity index (χ0v) is 12.8. The van der Waals surface area contributed by atoms with Crippen LogP contribution in [0, 0.1) is 6.92 Å². The van der Waals surface area contributed by atoms with Gasteiger partial charge < -0.3 is 5.32 Å². The summed E-state index contributed by atoms with van der Waals surface area (Å²) in [5, 5.41) is 7.70. The standard InChI is InChI=1S/C14H12BrN3S/c1-9-18-12(8-19-9)7-16-13-4-2-3-10-5-11(15)6-17-14(10)13/h2-6,8,16H,7H2,1H3. The number of nitrogens with one attached hydrogen (secondary N) is 1. The van der Waals surface area contributed by atoms with E-state index in [9.17, 15) is 0 Å². The first kappa shape index (κ1) is 12.6. The molecule has 0 aliphatic carbocycles. The van der Waals surface area contributed by atoms with Crippen molar-refractivity contribution in [3.05, 3.63) is 51.0 Å². The van der Waals surface area contributed by atoms with Gasteiger partial charge in [0, 0.05) is 21.4 Å². The van der Waals surface area contributed by atoms with Crippen LogP contribution in [0.15, 0.2) is 40.3 Å². The molecule has 0 unspecified atom stereocenters. The average Bonchev–Trinajstić information content (AvgIpc) is 2.81. The fraction of sp³-hybridized carbons (Fsp3) is 0.143. The van der Waals surface area contributed by atoms with Crippen molar-refractivity contribution in [3.63, 3.8) is 0 Å². The average molecular weight is 334 g/mol. The minimum atomic E-state index is 0.723. The number of aromatic nitrogens is 2. The third kappa shape index (κ3) is 2.77. The summed E-state index contributed by atoms with van der Waals surface area (Å²) < 4.78 is 0.993. The molecule has 1 N–H and O–H groups in total. The number of fused-ring (bicyclic) bond motifs is 1. The summed E-state index contributed by atoms with van der Waals surface area (Å²) in [6, 6.07) is 8.21. The Kier molecular flexibility index (Phi) is 3.48. The van der Waals surface area contributed by atoms with Gasteiger partial charge in [-0.05, 0) is 35.0 Å². The van der Waals surface area contributed by atoms with Crippen LogP contribution in [0.25, 0.3) is 10.9 Å². The molecular weight excluding hydrogens is 322 g/mol. The second-order valence-corrected chi connectivity index (χ2v) is 6.22. The Balaban J connectivity index is 1.88. The number of halogens is 1. The van der Waals surface area contributed by atoms with Gasteiger partial charge in [-0.25, -0.2) is 4.98 Å². The zero-order valence-electron chi connectivity index (χ0n) is 10.4. The van der Waals surface area contributed by atoms with Crippen molar-refractivity contribution >= 4 is 43.9 Å². The number of aryl methyl sites for hydroxylation is 1. The van der Waals surface area contributed by atoms with Gasteiger partial charge in [0.2, 0.25) is 0 Å². The Morgan fingerprint density at radius 2 is 2.26 bits per heavy atom. The number of hydrogen-bond acceptors (Lipinski definition) is 4.